The number of halogens is 1. The third kappa shape index (κ3) is 6.00. The third-order valence-electron chi connectivity index (χ3n) is 5.06. The summed E-state index contributed by atoms with van der Waals surface area (Å²) in [7, 11) is 0. The predicted molar refractivity (Wildman–Crippen MR) is 104 cm³/mol. The zero-order valence-electron chi connectivity index (χ0n) is 15.6. The number of likely N-dealkylation sites (tertiary alicyclic amines) is 1. The molecule has 0 N–H and O–H groups in total. The fourth-order valence-corrected chi connectivity index (χ4v) is 3.69. The van der Waals surface area contributed by atoms with Gasteiger partial charge >= 0.3 is 5.97 Å². The normalized spacial score (nSPS) is 17.3. The standard InChI is InChI=1S/C20H30BrNO3/c1-4-24-20(23)16(3)22-12-10-17(11-13-22)7-6-14-25-19-9-5-8-18(21)15(19)2/h5,8-9,16-17H,4,6-7,10-14H2,1-3H3/t16-/m1/s1. The number of benzene rings is 1. The number of rotatable bonds is 8. The lowest BCUT2D eigenvalue weighted by atomic mass is 9.91. The van der Waals surface area contributed by atoms with Gasteiger partial charge in [-0.3, -0.25) is 9.69 Å². The van der Waals surface area contributed by atoms with E-state index in [4.69, 9.17) is 9.47 Å². The maximum Gasteiger partial charge on any atom is 0.323 e. The summed E-state index contributed by atoms with van der Waals surface area (Å²) in [6.07, 6.45) is 4.57. The minimum absolute atomic E-state index is 0.0984. The van der Waals surface area contributed by atoms with Gasteiger partial charge in [-0.15, -0.1) is 0 Å². The molecule has 0 bridgehead atoms. The van der Waals surface area contributed by atoms with E-state index >= 15 is 0 Å². The quantitative estimate of drug-likeness (QED) is 0.463. The van der Waals surface area contributed by atoms with Crippen molar-refractivity contribution in [1.29, 1.82) is 0 Å². The maximum atomic E-state index is 11.8. The average Bonchev–Trinajstić information content (AvgIpc) is 2.62. The van der Waals surface area contributed by atoms with Crippen LogP contribution in [0.15, 0.2) is 22.7 Å². The Morgan fingerprint density at radius 2 is 2.08 bits per heavy atom. The van der Waals surface area contributed by atoms with Crippen LogP contribution >= 0.6 is 15.9 Å². The molecule has 0 spiro atoms. The predicted octanol–water partition coefficient (Wildman–Crippen LogP) is 4.58. The molecule has 1 aliphatic rings. The molecule has 1 fully saturated rings. The number of piperidine rings is 1. The van der Waals surface area contributed by atoms with E-state index in [1.54, 1.807) is 0 Å². The third-order valence-corrected chi connectivity index (χ3v) is 5.92. The van der Waals surface area contributed by atoms with Crippen molar-refractivity contribution in [2.75, 3.05) is 26.3 Å². The lowest BCUT2D eigenvalue weighted by molar-refractivity contribution is -0.149. The number of hydrogen-bond acceptors (Lipinski definition) is 4. The highest BCUT2D eigenvalue weighted by molar-refractivity contribution is 9.10. The summed E-state index contributed by atoms with van der Waals surface area (Å²) in [6, 6.07) is 5.94. The van der Waals surface area contributed by atoms with E-state index in [1.807, 2.05) is 32.0 Å². The van der Waals surface area contributed by atoms with Crippen LogP contribution < -0.4 is 4.74 Å². The molecule has 0 aromatic heterocycles. The summed E-state index contributed by atoms with van der Waals surface area (Å²) >= 11 is 3.54. The van der Waals surface area contributed by atoms with Gasteiger partial charge in [0.15, 0.2) is 0 Å². The first kappa shape index (κ1) is 20.2. The van der Waals surface area contributed by atoms with Crippen molar-refractivity contribution in [2.24, 2.45) is 5.92 Å². The van der Waals surface area contributed by atoms with E-state index in [9.17, 15) is 4.79 Å². The molecule has 0 radical (unpaired) electrons. The molecule has 5 heteroatoms. The first-order valence-corrected chi connectivity index (χ1v) is 10.1. The number of nitrogens with zero attached hydrogens (tertiary/aromatic N) is 1. The van der Waals surface area contributed by atoms with Crippen molar-refractivity contribution in [3.63, 3.8) is 0 Å². The van der Waals surface area contributed by atoms with E-state index in [0.717, 1.165) is 60.7 Å². The van der Waals surface area contributed by atoms with E-state index in [-0.39, 0.29) is 12.0 Å². The number of carbonyl (C=O) groups is 1. The summed E-state index contributed by atoms with van der Waals surface area (Å²) in [5, 5.41) is 0. The molecule has 1 aliphatic heterocycles. The molecule has 0 unspecified atom stereocenters. The highest BCUT2D eigenvalue weighted by Gasteiger charge is 2.27. The van der Waals surface area contributed by atoms with Crippen LogP contribution in [0, 0.1) is 12.8 Å². The molecule has 1 aromatic rings. The molecule has 4 nitrogen and oxygen atoms in total. The second-order valence-electron chi connectivity index (χ2n) is 6.76. The van der Waals surface area contributed by atoms with Crippen LogP contribution in [-0.2, 0) is 9.53 Å². The number of esters is 1. The molecule has 1 atom stereocenters. The first-order valence-electron chi connectivity index (χ1n) is 9.31. The van der Waals surface area contributed by atoms with Crippen molar-refractivity contribution in [3.8, 4) is 5.75 Å². The van der Waals surface area contributed by atoms with Crippen molar-refractivity contribution in [3.05, 3.63) is 28.2 Å². The Balaban J connectivity index is 1.65. The molecule has 0 amide bonds. The van der Waals surface area contributed by atoms with E-state index < -0.39 is 0 Å². The van der Waals surface area contributed by atoms with Crippen LogP contribution in [0.2, 0.25) is 0 Å². The lowest BCUT2D eigenvalue weighted by Crippen LogP contribution is -2.44. The maximum absolute atomic E-state index is 11.8. The molecular weight excluding hydrogens is 382 g/mol. The highest BCUT2D eigenvalue weighted by atomic mass is 79.9. The monoisotopic (exact) mass is 411 g/mol. The summed E-state index contributed by atoms with van der Waals surface area (Å²) in [4.78, 5) is 14.1. The van der Waals surface area contributed by atoms with Gasteiger partial charge in [0.2, 0.25) is 0 Å². The fraction of sp³-hybridized carbons (Fsp3) is 0.650. The van der Waals surface area contributed by atoms with Crippen LogP contribution in [0.4, 0.5) is 0 Å². The van der Waals surface area contributed by atoms with Gasteiger partial charge in [-0.2, -0.15) is 0 Å². The van der Waals surface area contributed by atoms with Gasteiger partial charge in [0.1, 0.15) is 11.8 Å². The van der Waals surface area contributed by atoms with E-state index in [1.165, 1.54) is 6.42 Å². The average molecular weight is 412 g/mol. The Labute approximate surface area is 160 Å². The minimum atomic E-state index is -0.122. The van der Waals surface area contributed by atoms with Crippen LogP contribution in [-0.4, -0.2) is 43.2 Å². The highest BCUT2D eigenvalue weighted by Crippen LogP contribution is 2.27. The zero-order chi connectivity index (χ0) is 18.2. The van der Waals surface area contributed by atoms with Crippen molar-refractivity contribution >= 4 is 21.9 Å². The van der Waals surface area contributed by atoms with Gasteiger partial charge in [-0.1, -0.05) is 22.0 Å². The lowest BCUT2D eigenvalue weighted by Gasteiger charge is -2.34. The SMILES string of the molecule is CCOC(=O)[C@@H](C)N1CCC(CCCOc2cccc(Br)c2C)CC1. The molecule has 140 valence electrons. The minimum Gasteiger partial charge on any atom is -0.493 e. The van der Waals surface area contributed by atoms with E-state index in [2.05, 4.69) is 27.8 Å². The van der Waals surface area contributed by atoms with Gasteiger partial charge in [0.05, 0.1) is 13.2 Å². The van der Waals surface area contributed by atoms with Gasteiger partial charge in [-0.05, 0) is 77.6 Å². The molecule has 0 saturated carbocycles. The van der Waals surface area contributed by atoms with Gasteiger partial charge < -0.3 is 9.47 Å². The summed E-state index contributed by atoms with van der Waals surface area (Å²) in [6.45, 7) is 9.06. The van der Waals surface area contributed by atoms with E-state index in [0.29, 0.717) is 6.61 Å². The van der Waals surface area contributed by atoms with Crippen LogP contribution in [0.5, 0.6) is 5.75 Å². The van der Waals surface area contributed by atoms with Crippen molar-refractivity contribution in [2.45, 2.75) is 52.5 Å². The largest absolute Gasteiger partial charge is 0.493 e. The summed E-state index contributed by atoms with van der Waals surface area (Å²) < 4.78 is 12.1. The summed E-state index contributed by atoms with van der Waals surface area (Å²) in [5.74, 6) is 1.60. The molecule has 25 heavy (non-hydrogen) atoms. The van der Waals surface area contributed by atoms with Gasteiger partial charge in [-0.25, -0.2) is 0 Å². The molecule has 2 rings (SSSR count). The molecular formula is C20H30BrNO3. The second-order valence-corrected chi connectivity index (χ2v) is 7.62. The molecule has 0 aliphatic carbocycles. The Kier molecular flexibility index (Phi) is 8.24. The number of ether oxygens (including phenoxy) is 2. The smallest absolute Gasteiger partial charge is 0.323 e. The van der Waals surface area contributed by atoms with Crippen LogP contribution in [0.25, 0.3) is 0 Å². The topological polar surface area (TPSA) is 38.8 Å². The van der Waals surface area contributed by atoms with Gasteiger partial charge in [0, 0.05) is 10.0 Å². The summed E-state index contributed by atoms with van der Waals surface area (Å²) in [5.41, 5.74) is 1.16. The first-order chi connectivity index (χ1) is 12.0. The van der Waals surface area contributed by atoms with Crippen molar-refractivity contribution < 1.29 is 14.3 Å². The van der Waals surface area contributed by atoms with Crippen LogP contribution in [0.1, 0.15) is 45.1 Å². The van der Waals surface area contributed by atoms with Crippen molar-refractivity contribution in [1.82, 2.24) is 4.90 Å². The Morgan fingerprint density at radius 3 is 2.76 bits per heavy atom. The Hall–Kier alpha value is -1.07. The molecule has 1 saturated heterocycles. The number of hydrogen-bond donors (Lipinski definition) is 0. The number of carbonyl (C=O) groups excluding carboxylic acids is 1. The van der Waals surface area contributed by atoms with Gasteiger partial charge in [0.25, 0.3) is 0 Å². The second kappa shape index (κ2) is 10.2. The molecule has 1 aromatic carbocycles. The zero-order valence-corrected chi connectivity index (χ0v) is 17.2. The Bertz CT molecular complexity index is 556. The fourth-order valence-electron chi connectivity index (χ4n) is 3.34. The molecule has 1 heterocycles. The Morgan fingerprint density at radius 1 is 1.36 bits per heavy atom. The van der Waals surface area contributed by atoms with Crippen LogP contribution in [0.3, 0.4) is 0 Å².